The summed E-state index contributed by atoms with van der Waals surface area (Å²) in [7, 11) is 0. The molecule has 0 aliphatic rings. The van der Waals surface area contributed by atoms with Crippen molar-refractivity contribution in [2.75, 3.05) is 0 Å². The van der Waals surface area contributed by atoms with Gasteiger partial charge in [0.05, 0.1) is 11.0 Å². The van der Waals surface area contributed by atoms with Gasteiger partial charge in [0, 0.05) is 6.42 Å². The lowest BCUT2D eigenvalue weighted by Gasteiger charge is -2.45. The molecule has 0 amide bonds. The lowest BCUT2D eigenvalue weighted by molar-refractivity contribution is -0.173. The molecule has 0 aliphatic heterocycles. The number of ether oxygens (including phenoxy) is 1. The fraction of sp³-hybridized carbons (Fsp3) is 0.947. The summed E-state index contributed by atoms with van der Waals surface area (Å²) in [5, 5.41) is 9.90. The summed E-state index contributed by atoms with van der Waals surface area (Å²) in [6, 6.07) is 0. The van der Waals surface area contributed by atoms with E-state index in [2.05, 4.69) is 41.5 Å². The molecule has 0 saturated carbocycles. The van der Waals surface area contributed by atoms with Gasteiger partial charge in [-0.25, -0.2) is 0 Å². The number of carbonyl (C=O) groups is 1. The highest BCUT2D eigenvalue weighted by atomic mass is 16.5. The zero-order chi connectivity index (χ0) is 18.0. The zero-order valence-corrected chi connectivity index (χ0v) is 16.5. The van der Waals surface area contributed by atoms with E-state index in [1.165, 1.54) is 0 Å². The molecule has 0 spiro atoms. The van der Waals surface area contributed by atoms with Crippen molar-refractivity contribution in [1.29, 1.82) is 0 Å². The SMILES string of the molecule is CCC(C)(C)C(C)(CC(C)(C)C)C(=O)OC(C)CC(C)(C)O. The first-order valence-electron chi connectivity index (χ1n) is 8.47. The van der Waals surface area contributed by atoms with Gasteiger partial charge in [-0.2, -0.15) is 0 Å². The fourth-order valence-corrected chi connectivity index (χ4v) is 3.10. The van der Waals surface area contributed by atoms with E-state index in [0.29, 0.717) is 6.42 Å². The van der Waals surface area contributed by atoms with Crippen LogP contribution in [0.2, 0.25) is 0 Å². The molecule has 0 saturated heterocycles. The Labute approximate surface area is 137 Å². The van der Waals surface area contributed by atoms with Gasteiger partial charge in [0.15, 0.2) is 0 Å². The zero-order valence-electron chi connectivity index (χ0n) is 16.5. The summed E-state index contributed by atoms with van der Waals surface area (Å²) in [5.41, 5.74) is -1.49. The minimum Gasteiger partial charge on any atom is -0.462 e. The minimum atomic E-state index is -0.833. The largest absolute Gasteiger partial charge is 0.462 e. The van der Waals surface area contributed by atoms with Crippen LogP contribution in [0.15, 0.2) is 0 Å². The summed E-state index contributed by atoms with van der Waals surface area (Å²) in [4.78, 5) is 12.9. The Hall–Kier alpha value is -0.570. The average molecular weight is 315 g/mol. The Kier molecular flexibility index (Phi) is 6.72. The highest BCUT2D eigenvalue weighted by Gasteiger charge is 2.49. The Balaban J connectivity index is 5.32. The topological polar surface area (TPSA) is 46.5 Å². The molecule has 0 aromatic rings. The molecule has 2 atom stereocenters. The molecule has 132 valence electrons. The van der Waals surface area contributed by atoms with Crippen molar-refractivity contribution in [2.24, 2.45) is 16.2 Å². The predicted octanol–water partition coefficient (Wildman–Crippen LogP) is 4.96. The normalized spacial score (nSPS) is 17.8. The van der Waals surface area contributed by atoms with E-state index in [-0.39, 0.29) is 22.9 Å². The second kappa shape index (κ2) is 6.90. The number of aliphatic hydroxyl groups is 1. The maximum absolute atomic E-state index is 12.9. The Morgan fingerprint density at radius 2 is 1.50 bits per heavy atom. The molecule has 0 fully saturated rings. The third-order valence-corrected chi connectivity index (χ3v) is 4.81. The van der Waals surface area contributed by atoms with Crippen LogP contribution in [-0.4, -0.2) is 22.8 Å². The summed E-state index contributed by atoms with van der Waals surface area (Å²) in [5.74, 6) is -0.147. The lowest BCUT2D eigenvalue weighted by atomic mass is 9.59. The molecule has 0 aromatic heterocycles. The summed E-state index contributed by atoms with van der Waals surface area (Å²) in [6.45, 7) is 20.2. The molecular weight excluding hydrogens is 276 g/mol. The molecule has 3 nitrogen and oxygen atoms in total. The van der Waals surface area contributed by atoms with Gasteiger partial charge in [0.2, 0.25) is 0 Å². The van der Waals surface area contributed by atoms with Crippen molar-refractivity contribution in [3.63, 3.8) is 0 Å². The van der Waals surface area contributed by atoms with Gasteiger partial charge >= 0.3 is 5.97 Å². The van der Waals surface area contributed by atoms with Crippen molar-refractivity contribution in [2.45, 2.75) is 100 Å². The van der Waals surface area contributed by atoms with E-state index in [4.69, 9.17) is 4.74 Å². The molecule has 0 rings (SSSR count). The van der Waals surface area contributed by atoms with Gasteiger partial charge in [0.1, 0.15) is 6.10 Å². The molecule has 22 heavy (non-hydrogen) atoms. The van der Waals surface area contributed by atoms with Crippen molar-refractivity contribution in [3.05, 3.63) is 0 Å². The number of hydrogen-bond donors (Lipinski definition) is 1. The first kappa shape index (κ1) is 21.4. The van der Waals surface area contributed by atoms with Crippen molar-refractivity contribution in [3.8, 4) is 0 Å². The maximum atomic E-state index is 12.9. The van der Waals surface area contributed by atoms with Gasteiger partial charge in [-0.1, -0.05) is 41.5 Å². The van der Waals surface area contributed by atoms with Crippen LogP contribution in [-0.2, 0) is 9.53 Å². The molecule has 0 aliphatic carbocycles. The van der Waals surface area contributed by atoms with E-state index < -0.39 is 11.0 Å². The van der Waals surface area contributed by atoms with Gasteiger partial charge in [-0.05, 0) is 51.4 Å². The predicted molar refractivity (Wildman–Crippen MR) is 92.7 cm³/mol. The molecule has 1 N–H and O–H groups in total. The number of carbonyl (C=O) groups excluding carboxylic acids is 1. The Morgan fingerprint density at radius 1 is 1.05 bits per heavy atom. The molecule has 2 unspecified atom stereocenters. The van der Waals surface area contributed by atoms with Crippen LogP contribution in [0.3, 0.4) is 0 Å². The van der Waals surface area contributed by atoms with Crippen LogP contribution in [0.1, 0.15) is 88.5 Å². The van der Waals surface area contributed by atoms with Crippen LogP contribution in [0.5, 0.6) is 0 Å². The first-order valence-corrected chi connectivity index (χ1v) is 8.47. The molecule has 0 heterocycles. The van der Waals surface area contributed by atoms with E-state index in [9.17, 15) is 9.90 Å². The number of rotatable bonds is 7. The van der Waals surface area contributed by atoms with Crippen molar-refractivity contribution < 1.29 is 14.6 Å². The smallest absolute Gasteiger partial charge is 0.312 e. The summed E-state index contributed by atoms with van der Waals surface area (Å²) < 4.78 is 5.73. The summed E-state index contributed by atoms with van der Waals surface area (Å²) in [6.07, 6.45) is 1.83. The first-order chi connectivity index (χ1) is 9.54. The van der Waals surface area contributed by atoms with E-state index in [0.717, 1.165) is 12.8 Å². The van der Waals surface area contributed by atoms with Crippen LogP contribution in [0.4, 0.5) is 0 Å². The molecule has 0 aromatic carbocycles. The van der Waals surface area contributed by atoms with E-state index >= 15 is 0 Å². The highest BCUT2D eigenvalue weighted by molar-refractivity contribution is 5.77. The lowest BCUT2D eigenvalue weighted by Crippen LogP contribution is -2.46. The van der Waals surface area contributed by atoms with Crippen LogP contribution in [0, 0.1) is 16.2 Å². The van der Waals surface area contributed by atoms with Gasteiger partial charge in [-0.15, -0.1) is 0 Å². The average Bonchev–Trinajstić information content (AvgIpc) is 2.23. The van der Waals surface area contributed by atoms with Gasteiger partial charge in [-0.3, -0.25) is 4.79 Å². The quantitative estimate of drug-likeness (QED) is 0.676. The van der Waals surface area contributed by atoms with E-state index in [1.54, 1.807) is 13.8 Å². The third-order valence-electron chi connectivity index (χ3n) is 4.81. The van der Waals surface area contributed by atoms with Crippen molar-refractivity contribution in [1.82, 2.24) is 0 Å². The van der Waals surface area contributed by atoms with Crippen molar-refractivity contribution >= 4 is 5.97 Å². The maximum Gasteiger partial charge on any atom is 0.312 e. The van der Waals surface area contributed by atoms with Gasteiger partial charge < -0.3 is 9.84 Å². The van der Waals surface area contributed by atoms with E-state index in [1.807, 2.05) is 13.8 Å². The fourth-order valence-electron chi connectivity index (χ4n) is 3.10. The molecule has 0 bridgehead atoms. The highest BCUT2D eigenvalue weighted by Crippen LogP contribution is 2.49. The molecule has 0 radical (unpaired) electrons. The van der Waals surface area contributed by atoms with Crippen LogP contribution < -0.4 is 0 Å². The monoisotopic (exact) mass is 314 g/mol. The Morgan fingerprint density at radius 3 is 1.82 bits per heavy atom. The standard InChI is InChI=1S/C19H38O3/c1-11-17(6,7)19(10,13-16(3,4)5)15(20)22-14(2)12-18(8,9)21/h14,21H,11-13H2,1-10H3. The molecule has 3 heteroatoms. The third kappa shape index (κ3) is 6.28. The second-order valence-electron chi connectivity index (χ2n) is 9.54. The molecular formula is C19H38O3. The van der Waals surface area contributed by atoms with Crippen LogP contribution in [0.25, 0.3) is 0 Å². The number of esters is 1. The van der Waals surface area contributed by atoms with Crippen LogP contribution >= 0.6 is 0 Å². The second-order valence-corrected chi connectivity index (χ2v) is 9.54. The minimum absolute atomic E-state index is 0.0414. The number of hydrogen-bond acceptors (Lipinski definition) is 3. The van der Waals surface area contributed by atoms with Gasteiger partial charge in [0.25, 0.3) is 0 Å². The Bertz CT molecular complexity index is 371. The summed E-state index contributed by atoms with van der Waals surface area (Å²) >= 11 is 0.